The second kappa shape index (κ2) is 5.34. The number of nitro groups is 1. The second-order valence-corrected chi connectivity index (χ2v) is 4.68. The standard InChI is InChI=1S/C15H12N2O4/c18-15(16-11-4-2-1-3-5-11)14-13(21-14)10-6-8-12(9-7-10)17(19)20/h1-9,13-14H,(H,16,18)/t13-,14-/m0/s1. The van der Waals surface area contributed by atoms with Crippen molar-refractivity contribution in [2.45, 2.75) is 12.2 Å². The Balaban J connectivity index is 1.63. The summed E-state index contributed by atoms with van der Waals surface area (Å²) in [5.41, 5.74) is 1.49. The molecule has 21 heavy (non-hydrogen) atoms. The number of ether oxygens (including phenoxy) is 1. The fraction of sp³-hybridized carbons (Fsp3) is 0.133. The number of epoxide rings is 1. The number of nitro benzene ring substituents is 1. The highest BCUT2D eigenvalue weighted by Crippen LogP contribution is 2.39. The van der Waals surface area contributed by atoms with Gasteiger partial charge in [0.15, 0.2) is 6.10 Å². The summed E-state index contributed by atoms with van der Waals surface area (Å²) in [4.78, 5) is 22.1. The molecule has 106 valence electrons. The summed E-state index contributed by atoms with van der Waals surface area (Å²) in [6.07, 6.45) is -0.888. The minimum absolute atomic E-state index is 0.0182. The summed E-state index contributed by atoms with van der Waals surface area (Å²) in [5, 5.41) is 13.3. The van der Waals surface area contributed by atoms with Gasteiger partial charge < -0.3 is 10.1 Å². The van der Waals surface area contributed by atoms with Crippen LogP contribution in [0.3, 0.4) is 0 Å². The highest BCUT2D eigenvalue weighted by atomic mass is 16.6. The van der Waals surface area contributed by atoms with Crippen LogP contribution in [0.1, 0.15) is 11.7 Å². The molecule has 0 saturated carbocycles. The Morgan fingerprint density at radius 1 is 1.10 bits per heavy atom. The molecule has 1 amide bonds. The molecule has 3 rings (SSSR count). The zero-order chi connectivity index (χ0) is 14.8. The van der Waals surface area contributed by atoms with Crippen LogP contribution in [0.2, 0.25) is 0 Å². The number of benzene rings is 2. The van der Waals surface area contributed by atoms with Crippen molar-refractivity contribution < 1.29 is 14.5 Å². The molecule has 0 spiro atoms. The van der Waals surface area contributed by atoms with E-state index in [0.29, 0.717) is 5.69 Å². The third-order valence-electron chi connectivity index (χ3n) is 3.22. The molecule has 1 aliphatic heterocycles. The van der Waals surface area contributed by atoms with Crippen molar-refractivity contribution in [3.05, 3.63) is 70.3 Å². The molecule has 1 N–H and O–H groups in total. The van der Waals surface area contributed by atoms with E-state index in [0.717, 1.165) is 5.56 Å². The normalized spacial score (nSPS) is 19.8. The van der Waals surface area contributed by atoms with E-state index in [4.69, 9.17) is 4.74 Å². The molecule has 0 bridgehead atoms. The topological polar surface area (TPSA) is 84.8 Å². The average molecular weight is 284 g/mol. The van der Waals surface area contributed by atoms with E-state index < -0.39 is 11.0 Å². The van der Waals surface area contributed by atoms with Gasteiger partial charge in [-0.2, -0.15) is 0 Å². The molecular weight excluding hydrogens is 272 g/mol. The predicted octanol–water partition coefficient (Wildman–Crippen LogP) is 2.67. The highest BCUT2D eigenvalue weighted by molar-refractivity contribution is 5.96. The number of non-ortho nitro benzene ring substituents is 1. The van der Waals surface area contributed by atoms with E-state index in [2.05, 4.69) is 5.32 Å². The molecule has 6 nitrogen and oxygen atoms in total. The van der Waals surface area contributed by atoms with Crippen LogP contribution in [0, 0.1) is 10.1 Å². The number of hydrogen-bond donors (Lipinski definition) is 1. The SMILES string of the molecule is O=C(Nc1ccccc1)[C@H]1O[C@H]1c1ccc([N+](=O)[O-])cc1. The van der Waals surface area contributed by atoms with Crippen molar-refractivity contribution >= 4 is 17.3 Å². The Bertz CT molecular complexity index is 670. The Morgan fingerprint density at radius 3 is 2.38 bits per heavy atom. The maximum absolute atomic E-state index is 12.0. The second-order valence-electron chi connectivity index (χ2n) is 4.68. The third kappa shape index (κ3) is 2.90. The molecule has 2 atom stereocenters. The molecule has 0 radical (unpaired) electrons. The van der Waals surface area contributed by atoms with Crippen molar-refractivity contribution in [3.8, 4) is 0 Å². The minimum Gasteiger partial charge on any atom is -0.354 e. The summed E-state index contributed by atoms with van der Waals surface area (Å²) in [6.45, 7) is 0. The first kappa shape index (κ1) is 13.3. The van der Waals surface area contributed by atoms with Crippen LogP contribution in [-0.4, -0.2) is 16.9 Å². The van der Waals surface area contributed by atoms with Crippen LogP contribution >= 0.6 is 0 Å². The fourth-order valence-corrected chi connectivity index (χ4v) is 2.09. The van der Waals surface area contributed by atoms with Gasteiger partial charge in [-0.3, -0.25) is 14.9 Å². The van der Waals surface area contributed by atoms with Crippen molar-refractivity contribution in [3.63, 3.8) is 0 Å². The number of carbonyl (C=O) groups is 1. The van der Waals surface area contributed by atoms with Gasteiger partial charge in [-0.15, -0.1) is 0 Å². The van der Waals surface area contributed by atoms with Crippen molar-refractivity contribution in [2.24, 2.45) is 0 Å². The number of anilines is 1. The summed E-state index contributed by atoms with van der Waals surface area (Å²) >= 11 is 0. The van der Waals surface area contributed by atoms with E-state index >= 15 is 0 Å². The van der Waals surface area contributed by atoms with Crippen LogP contribution in [0.25, 0.3) is 0 Å². The lowest BCUT2D eigenvalue weighted by molar-refractivity contribution is -0.384. The van der Waals surface area contributed by atoms with E-state index in [-0.39, 0.29) is 17.7 Å². The monoisotopic (exact) mass is 284 g/mol. The first-order valence-corrected chi connectivity index (χ1v) is 6.41. The van der Waals surface area contributed by atoms with E-state index in [9.17, 15) is 14.9 Å². The van der Waals surface area contributed by atoms with Crippen molar-refractivity contribution in [1.29, 1.82) is 0 Å². The van der Waals surface area contributed by atoms with E-state index in [1.807, 2.05) is 18.2 Å². The molecule has 6 heteroatoms. The minimum atomic E-state index is -0.549. The molecule has 1 heterocycles. The molecule has 1 fully saturated rings. The maximum Gasteiger partial charge on any atom is 0.269 e. The Hall–Kier alpha value is -2.73. The molecular formula is C15H12N2O4. The number of para-hydroxylation sites is 1. The molecule has 0 aromatic heterocycles. The lowest BCUT2D eigenvalue weighted by Crippen LogP contribution is -2.18. The van der Waals surface area contributed by atoms with Crippen LogP contribution in [-0.2, 0) is 9.53 Å². The molecule has 2 aromatic carbocycles. The maximum atomic E-state index is 12.0. The lowest BCUT2D eigenvalue weighted by atomic mass is 10.1. The smallest absolute Gasteiger partial charge is 0.269 e. The summed E-state index contributed by atoms with van der Waals surface area (Å²) in [5.74, 6) is -0.218. The van der Waals surface area contributed by atoms with Crippen LogP contribution in [0.5, 0.6) is 0 Å². The summed E-state index contributed by atoms with van der Waals surface area (Å²) < 4.78 is 5.36. The first-order valence-electron chi connectivity index (χ1n) is 6.41. The van der Waals surface area contributed by atoms with E-state index in [1.165, 1.54) is 12.1 Å². The zero-order valence-corrected chi connectivity index (χ0v) is 10.9. The van der Waals surface area contributed by atoms with E-state index in [1.54, 1.807) is 24.3 Å². The van der Waals surface area contributed by atoms with Gasteiger partial charge in [0.1, 0.15) is 6.10 Å². The van der Waals surface area contributed by atoms with Crippen molar-refractivity contribution in [1.82, 2.24) is 0 Å². The zero-order valence-electron chi connectivity index (χ0n) is 10.9. The van der Waals surface area contributed by atoms with Crippen LogP contribution in [0.15, 0.2) is 54.6 Å². The van der Waals surface area contributed by atoms with Gasteiger partial charge in [-0.25, -0.2) is 0 Å². The van der Waals surface area contributed by atoms with Crippen LogP contribution < -0.4 is 5.32 Å². The highest BCUT2D eigenvalue weighted by Gasteiger charge is 2.46. The fourth-order valence-electron chi connectivity index (χ4n) is 2.09. The van der Waals surface area contributed by atoms with Gasteiger partial charge in [0.2, 0.25) is 0 Å². The number of nitrogens with zero attached hydrogens (tertiary/aromatic N) is 1. The Labute approximate surface area is 120 Å². The number of hydrogen-bond acceptors (Lipinski definition) is 4. The quantitative estimate of drug-likeness (QED) is 0.531. The molecule has 1 saturated heterocycles. The van der Waals surface area contributed by atoms with Gasteiger partial charge in [0.05, 0.1) is 4.92 Å². The van der Waals surface area contributed by atoms with Gasteiger partial charge in [-0.1, -0.05) is 18.2 Å². The number of rotatable bonds is 4. The van der Waals surface area contributed by atoms with Crippen LogP contribution in [0.4, 0.5) is 11.4 Å². The van der Waals surface area contributed by atoms with Gasteiger partial charge in [0, 0.05) is 17.8 Å². The third-order valence-corrected chi connectivity index (χ3v) is 3.22. The molecule has 1 aliphatic rings. The Morgan fingerprint density at radius 2 is 1.76 bits per heavy atom. The number of nitrogens with one attached hydrogen (secondary N) is 1. The average Bonchev–Trinajstić information content (AvgIpc) is 3.29. The lowest BCUT2D eigenvalue weighted by Gasteiger charge is -2.02. The largest absolute Gasteiger partial charge is 0.354 e. The Kier molecular flexibility index (Phi) is 3.37. The molecule has 0 unspecified atom stereocenters. The van der Waals surface area contributed by atoms with Gasteiger partial charge in [-0.05, 0) is 29.8 Å². The number of amides is 1. The molecule has 2 aromatic rings. The number of carbonyl (C=O) groups excluding carboxylic acids is 1. The predicted molar refractivity (Wildman–Crippen MR) is 75.8 cm³/mol. The van der Waals surface area contributed by atoms with Gasteiger partial charge >= 0.3 is 0 Å². The van der Waals surface area contributed by atoms with Gasteiger partial charge in [0.25, 0.3) is 11.6 Å². The molecule has 0 aliphatic carbocycles. The first-order chi connectivity index (χ1) is 10.1. The summed E-state index contributed by atoms with van der Waals surface area (Å²) in [7, 11) is 0. The summed E-state index contributed by atoms with van der Waals surface area (Å²) in [6, 6.07) is 15.1. The van der Waals surface area contributed by atoms with Crippen molar-refractivity contribution in [2.75, 3.05) is 5.32 Å².